The SMILES string of the molecule is CCOC(=O)C(=C1SCCCS1)c1cc(Cc2ccccc2)nc2ccc(C)cc12. The number of benzene rings is 2. The van der Waals surface area contributed by atoms with Crippen LogP contribution in [0.3, 0.4) is 0 Å². The Hall–Kier alpha value is -2.24. The molecule has 0 amide bonds. The van der Waals surface area contributed by atoms with Gasteiger partial charge < -0.3 is 4.74 Å². The molecule has 3 aromatic rings. The molecule has 1 saturated heterocycles. The van der Waals surface area contributed by atoms with Crippen molar-refractivity contribution < 1.29 is 9.53 Å². The molecular formula is C25H25NO2S2. The second-order valence-electron chi connectivity index (χ2n) is 7.28. The summed E-state index contributed by atoms with van der Waals surface area (Å²) < 4.78 is 6.57. The van der Waals surface area contributed by atoms with E-state index >= 15 is 0 Å². The van der Waals surface area contributed by atoms with Crippen LogP contribution in [-0.2, 0) is 16.0 Å². The quantitative estimate of drug-likeness (QED) is 0.351. The van der Waals surface area contributed by atoms with Crippen LogP contribution in [0.5, 0.6) is 0 Å². The molecule has 0 aliphatic carbocycles. The summed E-state index contributed by atoms with van der Waals surface area (Å²) >= 11 is 3.53. The topological polar surface area (TPSA) is 39.2 Å². The minimum absolute atomic E-state index is 0.242. The van der Waals surface area contributed by atoms with Crippen LogP contribution in [0, 0.1) is 6.92 Å². The highest BCUT2D eigenvalue weighted by molar-refractivity contribution is 8.23. The molecule has 0 atom stereocenters. The van der Waals surface area contributed by atoms with Crippen molar-refractivity contribution in [2.24, 2.45) is 0 Å². The number of ether oxygens (including phenoxy) is 1. The van der Waals surface area contributed by atoms with Gasteiger partial charge in [0.15, 0.2) is 0 Å². The first-order valence-corrected chi connectivity index (χ1v) is 12.2. The molecule has 2 aromatic carbocycles. The maximum Gasteiger partial charge on any atom is 0.340 e. The molecule has 3 nitrogen and oxygen atoms in total. The van der Waals surface area contributed by atoms with E-state index in [1.165, 1.54) is 5.56 Å². The number of aromatic nitrogens is 1. The summed E-state index contributed by atoms with van der Waals surface area (Å²) in [5.74, 6) is 1.82. The van der Waals surface area contributed by atoms with Crippen LogP contribution in [0.25, 0.3) is 16.5 Å². The molecule has 1 fully saturated rings. The number of nitrogens with zero attached hydrogens (tertiary/aromatic N) is 1. The number of carbonyl (C=O) groups is 1. The second-order valence-corrected chi connectivity index (χ2v) is 9.75. The molecule has 154 valence electrons. The first kappa shape index (κ1) is 21.0. The number of hydrogen-bond donors (Lipinski definition) is 0. The molecule has 4 rings (SSSR count). The first-order valence-electron chi connectivity index (χ1n) is 10.3. The second kappa shape index (κ2) is 9.71. The molecular weight excluding hydrogens is 410 g/mol. The minimum atomic E-state index is -0.242. The molecule has 1 aromatic heterocycles. The molecule has 0 saturated carbocycles. The van der Waals surface area contributed by atoms with Gasteiger partial charge in [0.2, 0.25) is 0 Å². The lowest BCUT2D eigenvalue weighted by Crippen LogP contribution is -2.11. The summed E-state index contributed by atoms with van der Waals surface area (Å²) in [7, 11) is 0. The van der Waals surface area contributed by atoms with Gasteiger partial charge in [0, 0.05) is 23.1 Å². The number of esters is 1. The molecule has 1 aliphatic rings. The maximum atomic E-state index is 13.1. The Bertz CT molecular complexity index is 1090. The Morgan fingerprint density at radius 3 is 2.57 bits per heavy atom. The third-order valence-electron chi connectivity index (χ3n) is 4.95. The number of carbonyl (C=O) groups excluding carboxylic acids is 1. The highest BCUT2D eigenvalue weighted by Crippen LogP contribution is 2.42. The number of rotatable bonds is 5. The highest BCUT2D eigenvalue weighted by atomic mass is 32.2. The number of pyridine rings is 1. The van der Waals surface area contributed by atoms with Gasteiger partial charge in [0.25, 0.3) is 0 Å². The molecule has 5 heteroatoms. The van der Waals surface area contributed by atoms with E-state index in [0.717, 1.165) is 56.3 Å². The van der Waals surface area contributed by atoms with Gasteiger partial charge in [0.05, 0.1) is 21.9 Å². The predicted octanol–water partition coefficient (Wildman–Crippen LogP) is 6.24. The first-order chi connectivity index (χ1) is 14.7. The minimum Gasteiger partial charge on any atom is -0.462 e. The Labute approximate surface area is 186 Å². The van der Waals surface area contributed by atoms with Crippen molar-refractivity contribution in [3.8, 4) is 0 Å². The van der Waals surface area contributed by atoms with Crippen LogP contribution < -0.4 is 0 Å². The third kappa shape index (κ3) is 4.73. The van der Waals surface area contributed by atoms with Crippen molar-refractivity contribution in [3.63, 3.8) is 0 Å². The zero-order valence-corrected chi connectivity index (χ0v) is 18.9. The molecule has 0 radical (unpaired) electrons. The number of hydrogen-bond acceptors (Lipinski definition) is 5. The molecule has 0 unspecified atom stereocenters. The van der Waals surface area contributed by atoms with Crippen molar-refractivity contribution in [1.29, 1.82) is 0 Å². The van der Waals surface area contributed by atoms with E-state index < -0.39 is 0 Å². The van der Waals surface area contributed by atoms with Crippen molar-refractivity contribution in [2.45, 2.75) is 26.7 Å². The van der Waals surface area contributed by atoms with E-state index in [1.807, 2.05) is 25.1 Å². The van der Waals surface area contributed by atoms with Gasteiger partial charge in [-0.2, -0.15) is 0 Å². The Morgan fingerprint density at radius 2 is 1.83 bits per heavy atom. The van der Waals surface area contributed by atoms with Gasteiger partial charge in [0.1, 0.15) is 0 Å². The average Bonchev–Trinajstić information content (AvgIpc) is 2.76. The largest absolute Gasteiger partial charge is 0.462 e. The van der Waals surface area contributed by atoms with Gasteiger partial charge in [-0.15, -0.1) is 23.5 Å². The summed E-state index contributed by atoms with van der Waals surface area (Å²) in [5, 5.41) is 1.01. The lowest BCUT2D eigenvalue weighted by Gasteiger charge is -2.19. The van der Waals surface area contributed by atoms with Gasteiger partial charge in [-0.05, 0) is 55.5 Å². The monoisotopic (exact) mass is 435 g/mol. The molecule has 1 aliphatic heterocycles. The Kier molecular flexibility index (Phi) is 6.80. The summed E-state index contributed by atoms with van der Waals surface area (Å²) in [6, 6.07) is 18.7. The van der Waals surface area contributed by atoms with Crippen LogP contribution in [-0.4, -0.2) is 29.1 Å². The lowest BCUT2D eigenvalue weighted by molar-refractivity contribution is -0.136. The van der Waals surface area contributed by atoms with E-state index in [9.17, 15) is 4.79 Å². The Morgan fingerprint density at radius 1 is 1.07 bits per heavy atom. The van der Waals surface area contributed by atoms with Gasteiger partial charge >= 0.3 is 5.97 Å². The summed E-state index contributed by atoms with van der Waals surface area (Å²) in [6.07, 6.45) is 1.88. The van der Waals surface area contributed by atoms with Gasteiger partial charge in [-0.25, -0.2) is 4.79 Å². The summed E-state index contributed by atoms with van der Waals surface area (Å²) in [6.45, 7) is 4.29. The molecule has 0 spiro atoms. The summed E-state index contributed by atoms with van der Waals surface area (Å²) in [5.41, 5.74) is 5.86. The standard InChI is InChI=1S/C25H25NO2S2/c1-3-28-24(27)23(25-29-12-7-13-30-25)21-16-19(15-18-8-5-4-6-9-18)26-22-11-10-17(2)14-20(21)22/h4-6,8-11,14,16H,3,7,12-13,15H2,1-2H3. The van der Waals surface area contributed by atoms with Crippen LogP contribution in [0.4, 0.5) is 0 Å². The van der Waals surface area contributed by atoms with Crippen LogP contribution in [0.1, 0.15) is 35.7 Å². The van der Waals surface area contributed by atoms with Gasteiger partial charge in [-0.3, -0.25) is 4.98 Å². The molecule has 0 bridgehead atoms. The van der Waals surface area contributed by atoms with E-state index in [1.54, 1.807) is 23.5 Å². The normalized spacial score (nSPS) is 14.0. The van der Waals surface area contributed by atoms with Crippen molar-refractivity contribution in [1.82, 2.24) is 4.98 Å². The fourth-order valence-electron chi connectivity index (χ4n) is 3.58. The fraction of sp³-hybridized carbons (Fsp3) is 0.280. The number of thioether (sulfide) groups is 2. The van der Waals surface area contributed by atoms with Crippen molar-refractivity contribution >= 4 is 46.0 Å². The fourth-order valence-corrected chi connectivity index (χ4v) is 6.22. The molecule has 30 heavy (non-hydrogen) atoms. The zero-order valence-electron chi connectivity index (χ0n) is 17.3. The van der Waals surface area contributed by atoms with Crippen molar-refractivity contribution in [3.05, 3.63) is 81.2 Å². The van der Waals surface area contributed by atoms with Gasteiger partial charge in [-0.1, -0.05) is 42.0 Å². The van der Waals surface area contributed by atoms with Crippen molar-refractivity contribution in [2.75, 3.05) is 18.1 Å². The number of aryl methyl sites for hydroxylation is 1. The van der Waals surface area contributed by atoms with E-state index in [2.05, 4.69) is 43.3 Å². The van der Waals surface area contributed by atoms with E-state index in [0.29, 0.717) is 12.2 Å². The lowest BCUT2D eigenvalue weighted by atomic mass is 9.98. The zero-order chi connectivity index (χ0) is 20.9. The molecule has 0 N–H and O–H groups in total. The van der Waals surface area contributed by atoms with E-state index in [4.69, 9.17) is 9.72 Å². The average molecular weight is 436 g/mol. The highest BCUT2D eigenvalue weighted by Gasteiger charge is 2.24. The van der Waals surface area contributed by atoms with E-state index in [-0.39, 0.29) is 5.97 Å². The molecule has 2 heterocycles. The van der Waals surface area contributed by atoms with Crippen LogP contribution in [0.2, 0.25) is 0 Å². The van der Waals surface area contributed by atoms with Crippen LogP contribution >= 0.6 is 23.5 Å². The smallest absolute Gasteiger partial charge is 0.340 e. The summed E-state index contributed by atoms with van der Waals surface area (Å²) in [4.78, 5) is 18.0. The third-order valence-corrected chi connectivity index (χ3v) is 7.58. The predicted molar refractivity (Wildman–Crippen MR) is 129 cm³/mol. The van der Waals surface area contributed by atoms with Crippen LogP contribution in [0.15, 0.2) is 58.8 Å². The number of fused-ring (bicyclic) bond motifs is 1. The Balaban J connectivity index is 1.91. The maximum absolute atomic E-state index is 13.1.